The third kappa shape index (κ3) is 2.63. The summed E-state index contributed by atoms with van der Waals surface area (Å²) in [5, 5.41) is 2.83. The van der Waals surface area contributed by atoms with Crippen LogP contribution in [-0.4, -0.2) is 20.4 Å². The van der Waals surface area contributed by atoms with Gasteiger partial charge in [0.15, 0.2) is 0 Å². The molecule has 0 atom stereocenters. The normalized spacial score (nSPS) is 11.0. The molecule has 0 fully saturated rings. The van der Waals surface area contributed by atoms with Crippen molar-refractivity contribution in [2.45, 2.75) is 19.9 Å². The third-order valence-corrected chi connectivity index (χ3v) is 3.28. The highest BCUT2D eigenvalue weighted by molar-refractivity contribution is 6.03. The predicted octanol–water partition coefficient (Wildman–Crippen LogP) is 3.26. The van der Waals surface area contributed by atoms with Crippen LogP contribution in [0.3, 0.4) is 0 Å². The number of rotatable bonds is 3. The van der Waals surface area contributed by atoms with Crippen molar-refractivity contribution in [3.63, 3.8) is 0 Å². The standard InChI is InChI=1S/C16H16N4O/c1-11(2)20-8-6-13-15(20)9-12(10-18-13)19-16(21)14-5-3-4-7-17-14/h3-11H,1-2H3,(H,19,21). The van der Waals surface area contributed by atoms with Gasteiger partial charge < -0.3 is 9.88 Å². The molecule has 0 aliphatic carbocycles. The zero-order chi connectivity index (χ0) is 14.8. The molecule has 5 nitrogen and oxygen atoms in total. The summed E-state index contributed by atoms with van der Waals surface area (Å²) in [5.74, 6) is -0.237. The Balaban J connectivity index is 1.91. The Bertz CT molecular complexity index is 777. The summed E-state index contributed by atoms with van der Waals surface area (Å²) in [7, 11) is 0. The third-order valence-electron chi connectivity index (χ3n) is 3.28. The van der Waals surface area contributed by atoms with Crippen LogP contribution in [0.2, 0.25) is 0 Å². The number of carbonyl (C=O) groups excluding carboxylic acids is 1. The first-order valence-corrected chi connectivity index (χ1v) is 6.84. The number of hydrogen-bond donors (Lipinski definition) is 1. The van der Waals surface area contributed by atoms with Crippen molar-refractivity contribution in [2.24, 2.45) is 0 Å². The van der Waals surface area contributed by atoms with Crippen LogP contribution in [0.4, 0.5) is 5.69 Å². The molecule has 106 valence electrons. The van der Waals surface area contributed by atoms with Crippen LogP contribution in [0.25, 0.3) is 11.0 Å². The minimum atomic E-state index is -0.237. The first kappa shape index (κ1) is 13.3. The summed E-state index contributed by atoms with van der Waals surface area (Å²) in [6.07, 6.45) is 5.26. The second-order valence-electron chi connectivity index (χ2n) is 5.11. The molecule has 0 saturated carbocycles. The minimum Gasteiger partial charge on any atom is -0.344 e. The van der Waals surface area contributed by atoms with Crippen LogP contribution >= 0.6 is 0 Å². The molecule has 3 aromatic rings. The molecular weight excluding hydrogens is 264 g/mol. The topological polar surface area (TPSA) is 59.8 Å². The van der Waals surface area contributed by atoms with Gasteiger partial charge in [0.2, 0.25) is 0 Å². The van der Waals surface area contributed by atoms with E-state index >= 15 is 0 Å². The number of carbonyl (C=O) groups is 1. The highest BCUT2D eigenvalue weighted by atomic mass is 16.1. The van der Waals surface area contributed by atoms with Crippen LogP contribution in [-0.2, 0) is 0 Å². The van der Waals surface area contributed by atoms with Crippen molar-refractivity contribution in [1.29, 1.82) is 0 Å². The molecule has 1 amide bonds. The summed E-state index contributed by atoms with van der Waals surface area (Å²) >= 11 is 0. The first-order chi connectivity index (χ1) is 10.1. The lowest BCUT2D eigenvalue weighted by molar-refractivity contribution is 0.102. The van der Waals surface area contributed by atoms with Crippen molar-refractivity contribution >= 4 is 22.6 Å². The zero-order valence-corrected chi connectivity index (χ0v) is 11.9. The molecule has 3 aromatic heterocycles. The van der Waals surface area contributed by atoms with E-state index in [0.717, 1.165) is 11.0 Å². The smallest absolute Gasteiger partial charge is 0.274 e. The highest BCUT2D eigenvalue weighted by Crippen LogP contribution is 2.21. The van der Waals surface area contributed by atoms with Gasteiger partial charge in [0.25, 0.3) is 5.91 Å². The Morgan fingerprint density at radius 2 is 2.10 bits per heavy atom. The zero-order valence-electron chi connectivity index (χ0n) is 11.9. The van der Waals surface area contributed by atoms with E-state index in [1.54, 1.807) is 30.6 Å². The molecule has 5 heteroatoms. The summed E-state index contributed by atoms with van der Waals surface area (Å²) in [4.78, 5) is 20.5. The molecule has 0 unspecified atom stereocenters. The monoisotopic (exact) mass is 280 g/mol. The fraction of sp³-hybridized carbons (Fsp3) is 0.188. The summed E-state index contributed by atoms with van der Waals surface area (Å²) in [6, 6.07) is 9.49. The first-order valence-electron chi connectivity index (χ1n) is 6.84. The Morgan fingerprint density at radius 3 is 2.81 bits per heavy atom. The second kappa shape index (κ2) is 5.36. The Morgan fingerprint density at radius 1 is 1.24 bits per heavy atom. The van der Waals surface area contributed by atoms with E-state index in [9.17, 15) is 4.79 Å². The lowest BCUT2D eigenvalue weighted by Crippen LogP contribution is -2.13. The van der Waals surface area contributed by atoms with Gasteiger partial charge in [-0.1, -0.05) is 6.07 Å². The van der Waals surface area contributed by atoms with Crippen LogP contribution < -0.4 is 5.32 Å². The molecule has 0 radical (unpaired) electrons. The van der Waals surface area contributed by atoms with Crippen LogP contribution in [0.15, 0.2) is 48.9 Å². The Labute approximate surface area is 122 Å². The van der Waals surface area contributed by atoms with Crippen molar-refractivity contribution in [3.8, 4) is 0 Å². The maximum Gasteiger partial charge on any atom is 0.274 e. The highest BCUT2D eigenvalue weighted by Gasteiger charge is 2.10. The number of pyridine rings is 2. The molecule has 0 saturated heterocycles. The number of fused-ring (bicyclic) bond motifs is 1. The number of hydrogen-bond acceptors (Lipinski definition) is 3. The molecular formula is C16H16N4O. The van der Waals surface area contributed by atoms with Crippen molar-refractivity contribution in [3.05, 3.63) is 54.6 Å². The van der Waals surface area contributed by atoms with Crippen molar-refractivity contribution in [1.82, 2.24) is 14.5 Å². The van der Waals surface area contributed by atoms with Crippen molar-refractivity contribution < 1.29 is 4.79 Å². The van der Waals surface area contributed by atoms with Gasteiger partial charge in [-0.2, -0.15) is 0 Å². The minimum absolute atomic E-state index is 0.237. The van der Waals surface area contributed by atoms with Gasteiger partial charge in [-0.15, -0.1) is 0 Å². The van der Waals surface area contributed by atoms with E-state index in [1.165, 1.54) is 0 Å². The van der Waals surface area contributed by atoms with Gasteiger partial charge in [0.1, 0.15) is 5.69 Å². The van der Waals surface area contributed by atoms with E-state index in [2.05, 4.69) is 33.7 Å². The summed E-state index contributed by atoms with van der Waals surface area (Å²) in [5.41, 5.74) is 2.97. The molecule has 21 heavy (non-hydrogen) atoms. The van der Waals surface area contributed by atoms with Gasteiger partial charge in [-0.3, -0.25) is 14.8 Å². The van der Waals surface area contributed by atoms with Gasteiger partial charge >= 0.3 is 0 Å². The number of aromatic nitrogens is 3. The Hall–Kier alpha value is -2.69. The number of anilines is 1. The molecule has 3 heterocycles. The fourth-order valence-electron chi connectivity index (χ4n) is 2.24. The van der Waals surface area contributed by atoms with Gasteiger partial charge in [0.05, 0.1) is 22.9 Å². The molecule has 3 rings (SSSR count). The van der Waals surface area contributed by atoms with Gasteiger partial charge in [0, 0.05) is 18.4 Å². The SMILES string of the molecule is CC(C)n1ccc2ncc(NC(=O)c3ccccn3)cc21. The van der Waals surface area contributed by atoms with Crippen LogP contribution in [0, 0.1) is 0 Å². The molecule has 0 bridgehead atoms. The average molecular weight is 280 g/mol. The molecule has 0 aliphatic heterocycles. The second-order valence-corrected chi connectivity index (χ2v) is 5.11. The fourth-order valence-corrected chi connectivity index (χ4v) is 2.24. The summed E-state index contributed by atoms with van der Waals surface area (Å²) < 4.78 is 2.12. The van der Waals surface area contributed by atoms with Crippen LogP contribution in [0.1, 0.15) is 30.4 Å². The molecule has 0 spiro atoms. The van der Waals surface area contributed by atoms with Crippen molar-refractivity contribution in [2.75, 3.05) is 5.32 Å². The maximum atomic E-state index is 12.1. The Kier molecular flexibility index (Phi) is 3.39. The number of nitrogens with zero attached hydrogens (tertiary/aromatic N) is 3. The van der Waals surface area contributed by atoms with Gasteiger partial charge in [-0.05, 0) is 38.1 Å². The van der Waals surface area contributed by atoms with E-state index in [-0.39, 0.29) is 5.91 Å². The van der Waals surface area contributed by atoms with Crippen LogP contribution in [0.5, 0.6) is 0 Å². The molecule has 1 N–H and O–H groups in total. The van der Waals surface area contributed by atoms with E-state index in [4.69, 9.17) is 0 Å². The lowest BCUT2D eigenvalue weighted by Gasteiger charge is -2.10. The molecule has 0 aliphatic rings. The van der Waals surface area contributed by atoms with E-state index < -0.39 is 0 Å². The van der Waals surface area contributed by atoms with Gasteiger partial charge in [-0.25, -0.2) is 0 Å². The quantitative estimate of drug-likeness (QED) is 0.801. The molecule has 0 aromatic carbocycles. The van der Waals surface area contributed by atoms with E-state index in [1.807, 2.05) is 18.3 Å². The largest absolute Gasteiger partial charge is 0.344 e. The predicted molar refractivity (Wildman–Crippen MR) is 82.3 cm³/mol. The summed E-state index contributed by atoms with van der Waals surface area (Å²) in [6.45, 7) is 4.22. The lowest BCUT2D eigenvalue weighted by atomic mass is 10.3. The maximum absolute atomic E-state index is 12.1. The average Bonchev–Trinajstić information content (AvgIpc) is 2.91. The van der Waals surface area contributed by atoms with E-state index in [0.29, 0.717) is 17.4 Å². The number of amides is 1. The number of nitrogens with one attached hydrogen (secondary N) is 1.